The van der Waals surface area contributed by atoms with Crippen LogP contribution < -0.4 is 5.32 Å². The van der Waals surface area contributed by atoms with E-state index in [-0.39, 0.29) is 6.54 Å². The van der Waals surface area contributed by atoms with Gasteiger partial charge < -0.3 is 9.88 Å². The Hall–Kier alpha value is -1.20. The number of benzene rings is 1. The normalized spacial score (nSPS) is 12.2. The summed E-state index contributed by atoms with van der Waals surface area (Å²) in [5.74, 6) is 0. The fourth-order valence-corrected chi connectivity index (χ4v) is 1.95. The van der Waals surface area contributed by atoms with Crippen LogP contribution in [0.1, 0.15) is 0 Å². The van der Waals surface area contributed by atoms with Gasteiger partial charge >= 0.3 is 6.18 Å². The van der Waals surface area contributed by atoms with Crippen molar-refractivity contribution in [3.63, 3.8) is 0 Å². The van der Waals surface area contributed by atoms with E-state index in [1.165, 1.54) is 0 Å². The summed E-state index contributed by atoms with van der Waals surface area (Å²) in [6.07, 6.45) is -2.32. The van der Waals surface area contributed by atoms with E-state index in [4.69, 9.17) is 11.6 Å². The van der Waals surface area contributed by atoms with Crippen molar-refractivity contribution in [3.05, 3.63) is 35.5 Å². The largest absolute Gasteiger partial charge is 0.401 e. The standard InChI is InChI=1S/C12H12ClF3N2/c13-10-2-1-9-3-5-18(11(9)7-10)6-4-17-8-12(14,15)16/h1-3,5,7,17H,4,6,8H2. The number of nitrogens with zero attached hydrogens (tertiary/aromatic N) is 1. The summed E-state index contributed by atoms with van der Waals surface area (Å²) in [5.41, 5.74) is 0.927. The Kier molecular flexibility index (Phi) is 3.82. The Bertz CT molecular complexity index is 534. The molecule has 0 saturated heterocycles. The molecule has 0 spiro atoms. The lowest BCUT2D eigenvalue weighted by Gasteiger charge is -2.09. The summed E-state index contributed by atoms with van der Waals surface area (Å²) in [6, 6.07) is 7.39. The molecule has 0 radical (unpaired) electrons. The van der Waals surface area contributed by atoms with Gasteiger partial charge in [-0.2, -0.15) is 13.2 Å². The molecule has 0 aliphatic rings. The Morgan fingerprint density at radius 1 is 1.22 bits per heavy atom. The highest BCUT2D eigenvalue weighted by Gasteiger charge is 2.25. The fraction of sp³-hybridized carbons (Fsp3) is 0.333. The van der Waals surface area contributed by atoms with E-state index < -0.39 is 12.7 Å². The lowest BCUT2D eigenvalue weighted by Crippen LogP contribution is -2.31. The van der Waals surface area contributed by atoms with Crippen LogP contribution in [0.5, 0.6) is 0 Å². The molecule has 1 aromatic carbocycles. The molecule has 6 heteroatoms. The average molecular weight is 277 g/mol. The third-order valence-corrected chi connectivity index (χ3v) is 2.83. The van der Waals surface area contributed by atoms with Gasteiger partial charge in [0, 0.05) is 29.8 Å². The molecule has 0 atom stereocenters. The first kappa shape index (κ1) is 13.2. The van der Waals surface area contributed by atoms with Crippen molar-refractivity contribution in [2.75, 3.05) is 13.1 Å². The maximum atomic E-state index is 11.9. The maximum Gasteiger partial charge on any atom is 0.401 e. The lowest BCUT2D eigenvalue weighted by atomic mass is 10.2. The third kappa shape index (κ3) is 3.40. The van der Waals surface area contributed by atoms with Crippen molar-refractivity contribution in [1.82, 2.24) is 9.88 Å². The zero-order chi connectivity index (χ0) is 13.2. The summed E-state index contributed by atoms with van der Waals surface area (Å²) in [7, 11) is 0. The SMILES string of the molecule is FC(F)(F)CNCCn1ccc2ccc(Cl)cc21. The van der Waals surface area contributed by atoms with Crippen LogP contribution in [0.4, 0.5) is 13.2 Å². The second-order valence-electron chi connectivity index (χ2n) is 4.00. The van der Waals surface area contributed by atoms with Gasteiger partial charge in [-0.05, 0) is 23.6 Å². The number of fused-ring (bicyclic) bond motifs is 1. The van der Waals surface area contributed by atoms with Crippen molar-refractivity contribution in [1.29, 1.82) is 0 Å². The molecule has 1 aromatic heterocycles. The van der Waals surface area contributed by atoms with Gasteiger partial charge in [0.25, 0.3) is 0 Å². The second-order valence-corrected chi connectivity index (χ2v) is 4.44. The van der Waals surface area contributed by atoms with E-state index in [1.807, 2.05) is 22.9 Å². The van der Waals surface area contributed by atoms with E-state index in [0.29, 0.717) is 11.6 Å². The Balaban J connectivity index is 1.98. The zero-order valence-electron chi connectivity index (χ0n) is 9.47. The van der Waals surface area contributed by atoms with Crippen LogP contribution in [0.15, 0.2) is 30.5 Å². The van der Waals surface area contributed by atoms with Gasteiger partial charge in [0.05, 0.1) is 6.54 Å². The molecule has 2 aromatic rings. The van der Waals surface area contributed by atoms with Crippen molar-refractivity contribution in [3.8, 4) is 0 Å². The highest BCUT2D eigenvalue weighted by molar-refractivity contribution is 6.31. The first-order valence-corrected chi connectivity index (χ1v) is 5.85. The molecule has 18 heavy (non-hydrogen) atoms. The van der Waals surface area contributed by atoms with E-state index in [0.717, 1.165) is 10.9 Å². The number of hydrogen-bond donors (Lipinski definition) is 1. The highest BCUT2D eigenvalue weighted by Crippen LogP contribution is 2.20. The molecule has 0 fully saturated rings. The second kappa shape index (κ2) is 5.20. The van der Waals surface area contributed by atoms with Crippen LogP contribution in [0.25, 0.3) is 10.9 Å². The van der Waals surface area contributed by atoms with Gasteiger partial charge in [0.15, 0.2) is 0 Å². The molecule has 98 valence electrons. The van der Waals surface area contributed by atoms with Crippen LogP contribution in [0.2, 0.25) is 5.02 Å². The highest BCUT2D eigenvalue weighted by atomic mass is 35.5. The number of aromatic nitrogens is 1. The molecular formula is C12H12ClF3N2. The van der Waals surface area contributed by atoms with Crippen molar-refractivity contribution < 1.29 is 13.2 Å². The van der Waals surface area contributed by atoms with E-state index in [9.17, 15) is 13.2 Å². The van der Waals surface area contributed by atoms with Crippen molar-refractivity contribution in [2.45, 2.75) is 12.7 Å². The Morgan fingerprint density at radius 2 is 2.00 bits per heavy atom. The van der Waals surface area contributed by atoms with Crippen LogP contribution in [0.3, 0.4) is 0 Å². The topological polar surface area (TPSA) is 17.0 Å². The van der Waals surface area contributed by atoms with Crippen LogP contribution in [0, 0.1) is 0 Å². The van der Waals surface area contributed by atoms with Crippen LogP contribution in [-0.2, 0) is 6.54 Å². The average Bonchev–Trinajstić information content (AvgIpc) is 2.66. The summed E-state index contributed by atoms with van der Waals surface area (Å²) in [5, 5.41) is 4.00. The van der Waals surface area contributed by atoms with E-state index >= 15 is 0 Å². The predicted octanol–water partition coefficient (Wildman–Crippen LogP) is 3.45. The summed E-state index contributed by atoms with van der Waals surface area (Å²) < 4.78 is 37.7. The number of halogens is 4. The van der Waals surface area contributed by atoms with Gasteiger partial charge in [-0.25, -0.2) is 0 Å². The summed E-state index contributed by atoms with van der Waals surface area (Å²) >= 11 is 5.89. The molecule has 1 N–H and O–H groups in total. The van der Waals surface area contributed by atoms with Gasteiger partial charge in [-0.1, -0.05) is 17.7 Å². The number of rotatable bonds is 4. The molecule has 0 aliphatic carbocycles. The first-order valence-electron chi connectivity index (χ1n) is 5.47. The Morgan fingerprint density at radius 3 is 2.72 bits per heavy atom. The minimum atomic E-state index is -4.16. The van der Waals surface area contributed by atoms with E-state index in [2.05, 4.69) is 5.32 Å². The predicted molar refractivity (Wildman–Crippen MR) is 65.9 cm³/mol. The number of hydrogen-bond acceptors (Lipinski definition) is 1. The van der Waals surface area contributed by atoms with Gasteiger partial charge in [-0.15, -0.1) is 0 Å². The van der Waals surface area contributed by atoms with Crippen LogP contribution in [-0.4, -0.2) is 23.8 Å². The molecule has 0 aliphatic heterocycles. The zero-order valence-corrected chi connectivity index (χ0v) is 10.2. The third-order valence-electron chi connectivity index (χ3n) is 2.59. The molecule has 0 unspecified atom stereocenters. The smallest absolute Gasteiger partial charge is 0.346 e. The molecule has 0 amide bonds. The molecular weight excluding hydrogens is 265 g/mol. The van der Waals surface area contributed by atoms with Gasteiger partial charge in [0.2, 0.25) is 0 Å². The van der Waals surface area contributed by atoms with Crippen LogP contribution >= 0.6 is 11.6 Å². The summed E-state index contributed by atoms with van der Waals surface area (Å²) in [4.78, 5) is 0. The summed E-state index contributed by atoms with van der Waals surface area (Å²) in [6.45, 7) is -0.233. The van der Waals surface area contributed by atoms with Crippen molar-refractivity contribution >= 4 is 22.5 Å². The van der Waals surface area contributed by atoms with Gasteiger partial charge in [-0.3, -0.25) is 0 Å². The molecule has 2 nitrogen and oxygen atoms in total. The molecule has 0 saturated carbocycles. The molecule has 0 bridgehead atoms. The quantitative estimate of drug-likeness (QED) is 0.847. The van der Waals surface area contributed by atoms with E-state index in [1.54, 1.807) is 12.1 Å². The molecule has 2 rings (SSSR count). The lowest BCUT2D eigenvalue weighted by molar-refractivity contribution is -0.124. The molecule has 1 heterocycles. The minimum absolute atomic E-state index is 0.260. The number of nitrogens with one attached hydrogen (secondary N) is 1. The first-order chi connectivity index (χ1) is 8.46. The minimum Gasteiger partial charge on any atom is -0.346 e. The fourth-order valence-electron chi connectivity index (χ4n) is 1.78. The van der Waals surface area contributed by atoms with Gasteiger partial charge in [0.1, 0.15) is 0 Å². The monoisotopic (exact) mass is 276 g/mol. The maximum absolute atomic E-state index is 11.9. The number of alkyl halides is 3. The van der Waals surface area contributed by atoms with Crippen molar-refractivity contribution in [2.24, 2.45) is 0 Å². The Labute approximate surface area is 107 Å².